The van der Waals surface area contributed by atoms with Crippen LogP contribution in [-0.4, -0.2) is 11.9 Å². The van der Waals surface area contributed by atoms with Gasteiger partial charge in [-0.15, -0.1) is 0 Å². The summed E-state index contributed by atoms with van der Waals surface area (Å²) in [4.78, 5) is 12.4. The Hall–Kier alpha value is -1.52. The van der Waals surface area contributed by atoms with Gasteiger partial charge in [-0.2, -0.15) is 13.2 Å². The number of rotatable bonds is 2. The third-order valence-electron chi connectivity index (χ3n) is 6.22. The lowest BCUT2D eigenvalue weighted by atomic mass is 9.79. The van der Waals surface area contributed by atoms with Gasteiger partial charge in [0.2, 0.25) is 0 Å². The molecular weight excluding hydrogens is 303 g/mol. The maximum Gasteiger partial charge on any atom is 0.417 e. The van der Waals surface area contributed by atoms with Gasteiger partial charge in [0.25, 0.3) is 5.91 Å². The van der Waals surface area contributed by atoms with Crippen LogP contribution in [0.15, 0.2) is 24.3 Å². The molecule has 2 nitrogen and oxygen atoms in total. The highest BCUT2D eigenvalue weighted by atomic mass is 19.4. The van der Waals surface area contributed by atoms with E-state index in [1.54, 1.807) is 0 Å². The van der Waals surface area contributed by atoms with Crippen molar-refractivity contribution in [3.8, 4) is 0 Å². The molecule has 1 N–H and O–H groups in total. The zero-order valence-corrected chi connectivity index (χ0v) is 12.8. The van der Waals surface area contributed by atoms with E-state index in [4.69, 9.17) is 0 Å². The number of alkyl halides is 3. The summed E-state index contributed by atoms with van der Waals surface area (Å²) in [5.74, 6) is 2.03. The molecule has 5 heteroatoms. The van der Waals surface area contributed by atoms with Crippen molar-refractivity contribution in [3.05, 3.63) is 35.4 Å². The monoisotopic (exact) mass is 323 g/mol. The van der Waals surface area contributed by atoms with Crippen LogP contribution in [0.25, 0.3) is 0 Å². The van der Waals surface area contributed by atoms with Crippen molar-refractivity contribution in [2.24, 2.45) is 23.7 Å². The number of nitrogens with one attached hydrogen (secondary N) is 1. The second-order valence-electron chi connectivity index (χ2n) is 7.28. The summed E-state index contributed by atoms with van der Waals surface area (Å²) in [7, 11) is 0. The molecule has 124 valence electrons. The number of benzene rings is 1. The molecule has 23 heavy (non-hydrogen) atoms. The summed E-state index contributed by atoms with van der Waals surface area (Å²) in [6.45, 7) is 0. The van der Waals surface area contributed by atoms with Gasteiger partial charge in [0, 0.05) is 6.04 Å². The van der Waals surface area contributed by atoms with E-state index in [2.05, 4.69) is 5.32 Å². The molecule has 1 amide bonds. The van der Waals surface area contributed by atoms with Gasteiger partial charge in [-0.3, -0.25) is 4.79 Å². The summed E-state index contributed by atoms with van der Waals surface area (Å²) in [5, 5.41) is 2.91. The molecule has 2 bridgehead atoms. The molecule has 0 spiro atoms. The molecule has 0 aliphatic heterocycles. The fourth-order valence-corrected chi connectivity index (χ4v) is 5.41. The molecule has 3 fully saturated rings. The van der Waals surface area contributed by atoms with Crippen molar-refractivity contribution in [1.29, 1.82) is 0 Å². The van der Waals surface area contributed by atoms with Gasteiger partial charge in [-0.25, -0.2) is 0 Å². The van der Waals surface area contributed by atoms with Crippen LogP contribution in [0.4, 0.5) is 13.2 Å². The maximum absolute atomic E-state index is 13.1. The number of fused-ring (bicyclic) bond motifs is 5. The first-order chi connectivity index (χ1) is 10.9. The molecule has 0 unspecified atom stereocenters. The Morgan fingerprint density at radius 3 is 2.57 bits per heavy atom. The topological polar surface area (TPSA) is 29.1 Å². The second-order valence-corrected chi connectivity index (χ2v) is 7.28. The average molecular weight is 323 g/mol. The summed E-state index contributed by atoms with van der Waals surface area (Å²) >= 11 is 0. The summed E-state index contributed by atoms with van der Waals surface area (Å²) < 4.78 is 39.2. The fourth-order valence-electron chi connectivity index (χ4n) is 5.41. The SMILES string of the molecule is O=C(N[C@@H]1C[C@H]2C[C@@H]1[C@H]1CCC[C@H]21)c1ccccc1C(F)(F)F. The highest BCUT2D eigenvalue weighted by Gasteiger charge is 2.54. The van der Waals surface area contributed by atoms with Gasteiger partial charge < -0.3 is 5.32 Å². The van der Waals surface area contributed by atoms with E-state index < -0.39 is 17.6 Å². The van der Waals surface area contributed by atoms with Crippen molar-refractivity contribution >= 4 is 5.91 Å². The number of carbonyl (C=O) groups excluding carboxylic acids is 1. The highest BCUT2D eigenvalue weighted by Crippen LogP contribution is 2.58. The van der Waals surface area contributed by atoms with Crippen LogP contribution < -0.4 is 5.32 Å². The molecule has 3 aliphatic carbocycles. The first-order valence-corrected chi connectivity index (χ1v) is 8.42. The highest BCUT2D eigenvalue weighted by molar-refractivity contribution is 5.96. The van der Waals surface area contributed by atoms with Gasteiger partial charge in [0.15, 0.2) is 0 Å². The standard InChI is InChI=1S/C18H20F3NO/c19-18(20,21)15-7-2-1-4-13(15)17(23)22-16-9-10-8-14(16)12-6-3-5-11(10)12/h1-2,4,7,10-12,14,16H,3,5-6,8-9H2,(H,22,23)/t10-,11-,12+,14-,16-/m1/s1. The zero-order chi connectivity index (χ0) is 16.2. The molecule has 3 saturated carbocycles. The van der Waals surface area contributed by atoms with Crippen LogP contribution in [0.1, 0.15) is 48.0 Å². The first kappa shape index (κ1) is 15.0. The molecule has 1 aromatic carbocycles. The molecule has 4 rings (SSSR count). The largest absolute Gasteiger partial charge is 0.417 e. The number of hydrogen-bond acceptors (Lipinski definition) is 1. The Kier molecular flexibility index (Phi) is 3.43. The van der Waals surface area contributed by atoms with E-state index in [0.717, 1.165) is 24.8 Å². The lowest BCUT2D eigenvalue weighted by Gasteiger charge is -2.32. The lowest BCUT2D eigenvalue weighted by Crippen LogP contribution is -2.43. The van der Waals surface area contributed by atoms with Crippen LogP contribution in [0.3, 0.4) is 0 Å². The Morgan fingerprint density at radius 1 is 1.04 bits per heavy atom. The van der Waals surface area contributed by atoms with E-state index in [0.29, 0.717) is 17.8 Å². The lowest BCUT2D eigenvalue weighted by molar-refractivity contribution is -0.137. The van der Waals surface area contributed by atoms with Crippen molar-refractivity contribution in [3.63, 3.8) is 0 Å². The van der Waals surface area contributed by atoms with Crippen LogP contribution in [-0.2, 0) is 6.18 Å². The average Bonchev–Trinajstić information content (AvgIpc) is 3.18. The van der Waals surface area contributed by atoms with Gasteiger partial charge >= 0.3 is 6.18 Å². The van der Waals surface area contributed by atoms with Gasteiger partial charge in [0.05, 0.1) is 11.1 Å². The smallest absolute Gasteiger partial charge is 0.349 e. The van der Waals surface area contributed by atoms with E-state index in [1.165, 1.54) is 37.5 Å². The Balaban J connectivity index is 1.52. The molecule has 0 aromatic heterocycles. The minimum atomic E-state index is -4.50. The number of carbonyl (C=O) groups is 1. The van der Waals surface area contributed by atoms with E-state index >= 15 is 0 Å². The van der Waals surface area contributed by atoms with Crippen molar-refractivity contribution < 1.29 is 18.0 Å². The second kappa shape index (κ2) is 5.25. The number of amides is 1. The Bertz CT molecular complexity index is 627. The normalized spacial score (nSPS) is 35.3. The molecule has 0 heterocycles. The van der Waals surface area contributed by atoms with Gasteiger partial charge in [-0.05, 0) is 61.5 Å². The van der Waals surface area contributed by atoms with Crippen LogP contribution >= 0.6 is 0 Å². The summed E-state index contributed by atoms with van der Waals surface area (Å²) in [6, 6.07) is 5.10. The van der Waals surface area contributed by atoms with Crippen molar-refractivity contribution in [1.82, 2.24) is 5.32 Å². The first-order valence-electron chi connectivity index (χ1n) is 8.42. The fraction of sp³-hybridized carbons (Fsp3) is 0.611. The van der Waals surface area contributed by atoms with Crippen molar-refractivity contribution in [2.45, 2.75) is 44.3 Å². The van der Waals surface area contributed by atoms with E-state index in [9.17, 15) is 18.0 Å². The third-order valence-corrected chi connectivity index (χ3v) is 6.22. The molecular formula is C18H20F3NO. The summed E-state index contributed by atoms with van der Waals surface area (Å²) in [5.41, 5.74) is -1.11. The Morgan fingerprint density at radius 2 is 1.78 bits per heavy atom. The number of halogens is 3. The summed E-state index contributed by atoms with van der Waals surface area (Å²) in [6.07, 6.45) is 1.35. The van der Waals surface area contributed by atoms with Crippen LogP contribution in [0.2, 0.25) is 0 Å². The van der Waals surface area contributed by atoms with Gasteiger partial charge in [0.1, 0.15) is 0 Å². The zero-order valence-electron chi connectivity index (χ0n) is 12.8. The molecule has 3 aliphatic rings. The third kappa shape index (κ3) is 2.45. The molecule has 5 atom stereocenters. The predicted octanol–water partition coefficient (Wildman–Crippen LogP) is 4.26. The quantitative estimate of drug-likeness (QED) is 0.866. The maximum atomic E-state index is 13.1. The van der Waals surface area contributed by atoms with Crippen LogP contribution in [0, 0.1) is 23.7 Å². The number of hydrogen-bond donors (Lipinski definition) is 1. The van der Waals surface area contributed by atoms with Crippen LogP contribution in [0.5, 0.6) is 0 Å². The minimum Gasteiger partial charge on any atom is -0.349 e. The van der Waals surface area contributed by atoms with Gasteiger partial charge in [-0.1, -0.05) is 18.6 Å². The van der Waals surface area contributed by atoms with E-state index in [1.807, 2.05) is 0 Å². The minimum absolute atomic E-state index is 0.0492. The molecule has 0 radical (unpaired) electrons. The Labute approximate surface area is 133 Å². The van der Waals surface area contributed by atoms with Crippen molar-refractivity contribution in [2.75, 3.05) is 0 Å². The predicted molar refractivity (Wildman–Crippen MR) is 79.7 cm³/mol. The molecule has 0 saturated heterocycles. The molecule has 1 aromatic rings. The van der Waals surface area contributed by atoms with E-state index in [-0.39, 0.29) is 11.6 Å².